The number of aromatic nitrogens is 1. The number of halogens is 1. The fourth-order valence-corrected chi connectivity index (χ4v) is 1.99. The van der Waals surface area contributed by atoms with Gasteiger partial charge in [-0.1, -0.05) is 18.2 Å². The molecule has 0 saturated heterocycles. The number of hydrogen-bond acceptors (Lipinski definition) is 3. The van der Waals surface area contributed by atoms with Crippen molar-refractivity contribution in [3.05, 3.63) is 59.5 Å². The Kier molecular flexibility index (Phi) is 5.26. The highest BCUT2D eigenvalue weighted by Crippen LogP contribution is 2.09. The Balaban J connectivity index is 1.80. The van der Waals surface area contributed by atoms with E-state index < -0.39 is 0 Å². The lowest BCUT2D eigenvalue weighted by Crippen LogP contribution is -2.25. The summed E-state index contributed by atoms with van der Waals surface area (Å²) in [7, 11) is 1.75. The van der Waals surface area contributed by atoms with Crippen LogP contribution >= 0.6 is 0 Å². The number of carbonyl (C=O) groups excluding carboxylic acids is 1. The van der Waals surface area contributed by atoms with E-state index in [0.29, 0.717) is 36.3 Å². The highest BCUT2D eigenvalue weighted by Gasteiger charge is 2.06. The van der Waals surface area contributed by atoms with Crippen LogP contribution in [0.2, 0.25) is 0 Å². The van der Waals surface area contributed by atoms with Crippen LogP contribution in [0.4, 0.5) is 10.2 Å². The van der Waals surface area contributed by atoms with E-state index in [1.54, 1.807) is 37.5 Å². The molecule has 2 N–H and O–H groups in total. The van der Waals surface area contributed by atoms with Crippen LogP contribution in [0.1, 0.15) is 22.3 Å². The number of pyridine rings is 1. The van der Waals surface area contributed by atoms with Gasteiger partial charge in [-0.2, -0.15) is 0 Å². The molecule has 0 bridgehead atoms. The second-order valence-electron chi connectivity index (χ2n) is 4.63. The maximum atomic E-state index is 13.4. The fourth-order valence-electron chi connectivity index (χ4n) is 1.99. The number of aryl methyl sites for hydroxylation is 1. The smallest absolute Gasteiger partial charge is 0.251 e. The van der Waals surface area contributed by atoms with Crippen molar-refractivity contribution < 1.29 is 9.18 Å². The Labute approximate surface area is 123 Å². The van der Waals surface area contributed by atoms with Gasteiger partial charge in [0.15, 0.2) is 0 Å². The van der Waals surface area contributed by atoms with Gasteiger partial charge in [-0.15, -0.1) is 0 Å². The van der Waals surface area contributed by atoms with Crippen LogP contribution in [-0.4, -0.2) is 24.5 Å². The van der Waals surface area contributed by atoms with E-state index in [1.807, 2.05) is 6.07 Å². The van der Waals surface area contributed by atoms with Crippen molar-refractivity contribution in [3.63, 3.8) is 0 Å². The summed E-state index contributed by atoms with van der Waals surface area (Å²) in [5, 5.41) is 5.71. The van der Waals surface area contributed by atoms with E-state index in [1.165, 1.54) is 6.07 Å². The van der Waals surface area contributed by atoms with Gasteiger partial charge in [0.1, 0.15) is 11.6 Å². The molecule has 2 aromatic rings. The number of rotatable bonds is 6. The molecule has 0 saturated carbocycles. The number of amides is 1. The molecule has 0 radical (unpaired) electrons. The average Bonchev–Trinajstić information content (AvgIpc) is 2.53. The van der Waals surface area contributed by atoms with Crippen LogP contribution in [0.15, 0.2) is 42.6 Å². The van der Waals surface area contributed by atoms with Crippen LogP contribution in [0.3, 0.4) is 0 Å². The van der Waals surface area contributed by atoms with Gasteiger partial charge in [0, 0.05) is 25.4 Å². The summed E-state index contributed by atoms with van der Waals surface area (Å²) in [4.78, 5) is 16.0. The van der Waals surface area contributed by atoms with Gasteiger partial charge in [0.2, 0.25) is 0 Å². The lowest BCUT2D eigenvalue weighted by Gasteiger charge is -2.07. The van der Waals surface area contributed by atoms with Gasteiger partial charge in [-0.25, -0.2) is 9.37 Å². The molecule has 0 aliphatic heterocycles. The third-order valence-corrected chi connectivity index (χ3v) is 3.14. The molecule has 0 aliphatic carbocycles. The third kappa shape index (κ3) is 4.27. The highest BCUT2D eigenvalue weighted by atomic mass is 19.1. The number of carbonyl (C=O) groups is 1. The number of hydrogen-bond donors (Lipinski definition) is 2. The Morgan fingerprint density at radius 2 is 2.10 bits per heavy atom. The normalized spacial score (nSPS) is 10.2. The minimum absolute atomic E-state index is 0.151. The number of nitrogens with zero attached hydrogens (tertiary/aromatic N) is 1. The van der Waals surface area contributed by atoms with Crippen LogP contribution < -0.4 is 10.6 Å². The summed E-state index contributed by atoms with van der Waals surface area (Å²) < 4.78 is 13.4. The van der Waals surface area contributed by atoms with Crippen molar-refractivity contribution in [2.75, 3.05) is 18.9 Å². The average molecular weight is 287 g/mol. The molecule has 1 heterocycles. The molecule has 0 spiro atoms. The van der Waals surface area contributed by atoms with Crippen molar-refractivity contribution in [3.8, 4) is 0 Å². The van der Waals surface area contributed by atoms with E-state index in [2.05, 4.69) is 15.6 Å². The lowest BCUT2D eigenvalue weighted by molar-refractivity contribution is 0.0953. The second kappa shape index (κ2) is 7.38. The molecule has 21 heavy (non-hydrogen) atoms. The Hall–Kier alpha value is -2.43. The molecule has 110 valence electrons. The summed E-state index contributed by atoms with van der Waals surface area (Å²) in [5.74, 6) is 0.299. The molecule has 1 aromatic heterocycles. The van der Waals surface area contributed by atoms with E-state index >= 15 is 0 Å². The van der Waals surface area contributed by atoms with E-state index in [-0.39, 0.29) is 11.7 Å². The zero-order valence-corrected chi connectivity index (χ0v) is 11.9. The van der Waals surface area contributed by atoms with Crippen molar-refractivity contribution >= 4 is 11.7 Å². The highest BCUT2D eigenvalue weighted by molar-refractivity contribution is 5.94. The largest absolute Gasteiger partial charge is 0.373 e. The second-order valence-corrected chi connectivity index (χ2v) is 4.63. The molecular weight excluding hydrogens is 269 g/mol. The summed E-state index contributed by atoms with van der Waals surface area (Å²) in [6.45, 7) is 0.504. The number of benzene rings is 1. The summed E-state index contributed by atoms with van der Waals surface area (Å²) in [6, 6.07) is 10.0. The molecule has 0 atom stereocenters. The predicted molar refractivity (Wildman–Crippen MR) is 80.8 cm³/mol. The van der Waals surface area contributed by atoms with E-state index in [4.69, 9.17) is 0 Å². The quantitative estimate of drug-likeness (QED) is 0.803. The standard InChI is InChI=1S/C16H18FN3O/c1-18-15-11-13(8-10-19-15)16(21)20-9-4-6-12-5-2-3-7-14(12)17/h2-3,5,7-8,10-11H,4,6,9H2,1H3,(H,18,19)(H,20,21). The maximum Gasteiger partial charge on any atom is 0.251 e. The first-order valence-electron chi connectivity index (χ1n) is 6.86. The predicted octanol–water partition coefficient (Wildman–Crippen LogP) is 2.63. The van der Waals surface area contributed by atoms with Gasteiger partial charge in [0.25, 0.3) is 5.91 Å². The molecular formula is C16H18FN3O. The van der Waals surface area contributed by atoms with Crippen molar-refractivity contribution in [1.82, 2.24) is 10.3 Å². The van der Waals surface area contributed by atoms with Gasteiger partial charge >= 0.3 is 0 Å². The Morgan fingerprint density at radius 3 is 2.86 bits per heavy atom. The van der Waals surface area contributed by atoms with Crippen LogP contribution in [-0.2, 0) is 6.42 Å². The molecule has 2 rings (SSSR count). The van der Waals surface area contributed by atoms with Crippen LogP contribution in [0.5, 0.6) is 0 Å². The molecule has 5 heteroatoms. The molecule has 0 fully saturated rings. The lowest BCUT2D eigenvalue weighted by atomic mass is 10.1. The molecule has 1 aromatic carbocycles. The van der Waals surface area contributed by atoms with Gasteiger partial charge < -0.3 is 10.6 Å². The van der Waals surface area contributed by atoms with Crippen LogP contribution in [0.25, 0.3) is 0 Å². The monoisotopic (exact) mass is 287 g/mol. The zero-order valence-electron chi connectivity index (χ0n) is 11.9. The molecule has 1 amide bonds. The fraction of sp³-hybridized carbons (Fsp3) is 0.250. The summed E-state index contributed by atoms with van der Waals surface area (Å²) >= 11 is 0. The van der Waals surface area contributed by atoms with E-state index in [9.17, 15) is 9.18 Å². The van der Waals surface area contributed by atoms with Gasteiger partial charge in [0.05, 0.1) is 0 Å². The van der Waals surface area contributed by atoms with Gasteiger partial charge in [-0.05, 0) is 36.6 Å². The zero-order chi connectivity index (χ0) is 15.1. The molecule has 0 unspecified atom stereocenters. The van der Waals surface area contributed by atoms with Crippen molar-refractivity contribution in [1.29, 1.82) is 0 Å². The third-order valence-electron chi connectivity index (χ3n) is 3.14. The minimum atomic E-state index is -0.198. The van der Waals surface area contributed by atoms with Crippen molar-refractivity contribution in [2.24, 2.45) is 0 Å². The first-order chi connectivity index (χ1) is 10.2. The van der Waals surface area contributed by atoms with Crippen molar-refractivity contribution in [2.45, 2.75) is 12.8 Å². The Morgan fingerprint density at radius 1 is 1.29 bits per heavy atom. The first kappa shape index (κ1) is 15.0. The minimum Gasteiger partial charge on any atom is -0.373 e. The van der Waals surface area contributed by atoms with Gasteiger partial charge in [-0.3, -0.25) is 4.79 Å². The Bertz CT molecular complexity index is 616. The topological polar surface area (TPSA) is 54.0 Å². The van der Waals surface area contributed by atoms with E-state index in [0.717, 1.165) is 0 Å². The first-order valence-corrected chi connectivity index (χ1v) is 6.86. The molecule has 0 aliphatic rings. The summed E-state index contributed by atoms with van der Waals surface area (Å²) in [5.41, 5.74) is 1.23. The summed E-state index contributed by atoms with van der Waals surface area (Å²) in [6.07, 6.45) is 2.88. The SMILES string of the molecule is CNc1cc(C(=O)NCCCc2ccccc2F)ccn1. The number of nitrogens with one attached hydrogen (secondary N) is 2. The maximum absolute atomic E-state index is 13.4. The number of anilines is 1. The molecule has 4 nitrogen and oxygen atoms in total. The van der Waals surface area contributed by atoms with Crippen LogP contribution in [0, 0.1) is 5.82 Å².